The van der Waals surface area contributed by atoms with Gasteiger partial charge in [0.25, 0.3) is 11.8 Å². The number of rotatable bonds is 6. The Morgan fingerprint density at radius 1 is 1.40 bits per heavy atom. The molecule has 1 atom stereocenters. The fourth-order valence-corrected chi connectivity index (χ4v) is 4.21. The first-order chi connectivity index (χ1) is 13.8. The Bertz CT molecular complexity index is 959. The zero-order valence-electron chi connectivity index (χ0n) is 16.8. The highest BCUT2D eigenvalue weighted by Gasteiger charge is 2.47. The third-order valence-corrected chi connectivity index (χ3v) is 5.71. The van der Waals surface area contributed by atoms with Crippen LogP contribution in [-0.2, 0) is 12.5 Å². The normalized spacial score (nSPS) is 21.1. The van der Waals surface area contributed by atoms with Gasteiger partial charge in [-0.2, -0.15) is 13.9 Å². The molecule has 1 aliphatic carbocycles. The number of aromatic nitrogens is 3. The number of amides is 1. The molecule has 1 aliphatic rings. The van der Waals surface area contributed by atoms with Crippen molar-refractivity contribution in [2.45, 2.75) is 63.4 Å². The second-order valence-corrected chi connectivity index (χ2v) is 8.82. The Labute approximate surface area is 175 Å². The lowest BCUT2D eigenvalue weighted by Crippen LogP contribution is -2.27. The average molecular weight is 445 g/mol. The number of nitrogens with two attached hydrogens (primary N) is 1. The number of hydrogen-bond donors (Lipinski definition) is 2. The number of halogens is 4. The third kappa shape index (κ3) is 4.77. The molecule has 11 heteroatoms. The van der Waals surface area contributed by atoms with Crippen LogP contribution in [0.2, 0.25) is 0 Å². The van der Waals surface area contributed by atoms with Crippen molar-refractivity contribution in [1.82, 2.24) is 14.8 Å². The van der Waals surface area contributed by atoms with Crippen LogP contribution in [0.25, 0.3) is 0 Å². The van der Waals surface area contributed by atoms with E-state index >= 15 is 0 Å². The quantitative estimate of drug-likeness (QED) is 0.495. The van der Waals surface area contributed by atoms with E-state index in [0.717, 1.165) is 16.6 Å². The zero-order chi connectivity index (χ0) is 22.3. The van der Waals surface area contributed by atoms with Gasteiger partial charge in [-0.1, -0.05) is 6.92 Å². The van der Waals surface area contributed by atoms with Crippen LogP contribution in [-0.4, -0.2) is 26.6 Å². The highest BCUT2D eigenvalue weighted by Crippen LogP contribution is 2.48. The van der Waals surface area contributed by atoms with E-state index in [9.17, 15) is 22.4 Å². The molecule has 0 aromatic carbocycles. The van der Waals surface area contributed by atoms with Crippen molar-refractivity contribution in [2.75, 3.05) is 5.32 Å². The van der Waals surface area contributed by atoms with Gasteiger partial charge in [0.2, 0.25) is 5.92 Å². The molecule has 164 valence electrons. The largest absolute Gasteiger partial charge is 0.321 e. The molecule has 1 amide bonds. The summed E-state index contributed by atoms with van der Waals surface area (Å²) < 4.78 is 56.9. The van der Waals surface area contributed by atoms with Crippen LogP contribution in [0.4, 0.5) is 23.2 Å². The lowest BCUT2D eigenvalue weighted by atomic mass is 9.88. The highest BCUT2D eigenvalue weighted by atomic mass is 32.2. The molecule has 3 rings (SSSR count). The summed E-state index contributed by atoms with van der Waals surface area (Å²) in [6, 6.07) is 3.06. The van der Waals surface area contributed by atoms with Crippen LogP contribution in [0.5, 0.6) is 0 Å². The fraction of sp³-hybridized carbons (Fsp3) is 0.526. The van der Waals surface area contributed by atoms with E-state index in [1.54, 1.807) is 6.92 Å². The Balaban J connectivity index is 1.97. The van der Waals surface area contributed by atoms with Crippen molar-refractivity contribution in [3.05, 3.63) is 35.3 Å². The van der Waals surface area contributed by atoms with Crippen LogP contribution in [0.15, 0.2) is 23.4 Å². The minimum atomic E-state index is -3.29. The van der Waals surface area contributed by atoms with Crippen molar-refractivity contribution >= 4 is 23.5 Å². The number of carbonyl (C=O) groups is 1. The molecular formula is C19H23F4N5OS. The predicted octanol–water partition coefficient (Wildman–Crippen LogP) is 4.74. The van der Waals surface area contributed by atoms with Gasteiger partial charge in [0, 0.05) is 43.8 Å². The molecular weight excluding hydrogens is 422 g/mol. The summed E-state index contributed by atoms with van der Waals surface area (Å²) in [4.78, 5) is 17.0. The summed E-state index contributed by atoms with van der Waals surface area (Å²) in [5.74, 6) is -6.77. The summed E-state index contributed by atoms with van der Waals surface area (Å²) in [6.07, 6.45) is 0.985. The van der Waals surface area contributed by atoms with E-state index in [1.807, 2.05) is 0 Å². The van der Waals surface area contributed by atoms with Gasteiger partial charge in [-0.3, -0.25) is 14.6 Å². The molecule has 30 heavy (non-hydrogen) atoms. The molecule has 2 aromatic rings. The molecule has 0 saturated heterocycles. The first-order valence-corrected chi connectivity index (χ1v) is 10.2. The monoisotopic (exact) mass is 445 g/mol. The topological polar surface area (TPSA) is 85.8 Å². The lowest BCUT2D eigenvalue weighted by molar-refractivity contribution is -0.00489. The number of pyridine rings is 1. The van der Waals surface area contributed by atoms with Crippen LogP contribution >= 0.6 is 11.9 Å². The van der Waals surface area contributed by atoms with Gasteiger partial charge in [0.1, 0.15) is 16.4 Å². The molecule has 0 bridgehead atoms. The summed E-state index contributed by atoms with van der Waals surface area (Å²) in [7, 11) is 0. The highest BCUT2D eigenvalue weighted by molar-refractivity contribution is 7.97. The number of nitrogens with one attached hydrogen (secondary N) is 1. The molecule has 2 aromatic heterocycles. The van der Waals surface area contributed by atoms with Crippen LogP contribution in [0.3, 0.4) is 0 Å². The molecule has 0 spiro atoms. The van der Waals surface area contributed by atoms with Gasteiger partial charge in [-0.15, -0.1) is 0 Å². The lowest BCUT2D eigenvalue weighted by Gasteiger charge is -2.24. The molecule has 6 nitrogen and oxygen atoms in total. The zero-order valence-corrected chi connectivity index (χ0v) is 17.6. The molecule has 1 saturated carbocycles. The maximum Gasteiger partial charge on any atom is 0.289 e. The molecule has 2 heterocycles. The van der Waals surface area contributed by atoms with E-state index in [0.29, 0.717) is 17.6 Å². The van der Waals surface area contributed by atoms with E-state index in [1.165, 1.54) is 25.3 Å². The summed E-state index contributed by atoms with van der Waals surface area (Å²) >= 11 is 0.890. The first kappa shape index (κ1) is 22.5. The third-order valence-electron chi connectivity index (χ3n) is 5.24. The molecule has 3 N–H and O–H groups in total. The van der Waals surface area contributed by atoms with Crippen LogP contribution < -0.4 is 10.5 Å². The maximum atomic E-state index is 14.1. The molecule has 0 radical (unpaired) electrons. The summed E-state index contributed by atoms with van der Waals surface area (Å²) in [5, 5.41) is 12.5. The second kappa shape index (κ2) is 7.84. The second-order valence-electron chi connectivity index (χ2n) is 8.17. The van der Waals surface area contributed by atoms with Gasteiger partial charge in [0.05, 0.1) is 0 Å². The standard InChI is InChI=1S/C19H23F4N5OS/c1-11-14(16(29)26-12-4-7-25-13(8-12)30-24)28(27-15(11)18(3,20)21)10-17(2)5-6-19(22,23)9-17/h4,7-8H,5-6,9-10,24H2,1-3H3,(H,25,26,29). The smallest absolute Gasteiger partial charge is 0.289 e. The minimum Gasteiger partial charge on any atom is -0.321 e. The summed E-state index contributed by atoms with van der Waals surface area (Å²) in [5.41, 5.74) is -1.11. The predicted molar refractivity (Wildman–Crippen MR) is 106 cm³/mol. The SMILES string of the molecule is Cc1c(C(C)(F)F)nn(CC2(C)CCC(F)(F)C2)c1C(=O)Nc1ccnc(SN)c1. The Hall–Kier alpha value is -2.14. The van der Waals surface area contributed by atoms with Gasteiger partial charge in [-0.05, 0) is 42.8 Å². The van der Waals surface area contributed by atoms with Crippen LogP contribution in [0.1, 0.15) is 54.9 Å². The van der Waals surface area contributed by atoms with Gasteiger partial charge < -0.3 is 5.32 Å². The van der Waals surface area contributed by atoms with Crippen molar-refractivity contribution < 1.29 is 22.4 Å². The van der Waals surface area contributed by atoms with Crippen molar-refractivity contribution in [3.63, 3.8) is 0 Å². The number of hydrogen-bond acceptors (Lipinski definition) is 5. The molecule has 1 fully saturated rings. The Kier molecular flexibility index (Phi) is 5.89. The van der Waals surface area contributed by atoms with Gasteiger partial charge in [-0.25, -0.2) is 13.8 Å². The van der Waals surface area contributed by atoms with Crippen molar-refractivity contribution in [3.8, 4) is 0 Å². The number of anilines is 1. The number of nitrogens with zero attached hydrogens (tertiary/aromatic N) is 3. The maximum absolute atomic E-state index is 14.1. The van der Waals surface area contributed by atoms with Gasteiger partial charge >= 0.3 is 0 Å². The fourth-order valence-electron chi connectivity index (χ4n) is 3.89. The van der Waals surface area contributed by atoms with Crippen molar-refractivity contribution in [2.24, 2.45) is 10.6 Å². The summed E-state index contributed by atoms with van der Waals surface area (Å²) in [6.45, 7) is 3.66. The van der Waals surface area contributed by atoms with Gasteiger partial charge in [0.15, 0.2) is 0 Å². The van der Waals surface area contributed by atoms with E-state index in [2.05, 4.69) is 15.4 Å². The number of carbonyl (C=O) groups excluding carboxylic acids is 1. The Morgan fingerprint density at radius 2 is 2.10 bits per heavy atom. The minimum absolute atomic E-state index is 0.0100. The molecule has 1 unspecified atom stereocenters. The van der Waals surface area contributed by atoms with Crippen LogP contribution in [0, 0.1) is 12.3 Å². The van der Waals surface area contributed by atoms with Crippen molar-refractivity contribution in [1.29, 1.82) is 0 Å². The van der Waals surface area contributed by atoms with E-state index in [-0.39, 0.29) is 37.1 Å². The average Bonchev–Trinajstić information content (AvgIpc) is 3.10. The van der Waals surface area contributed by atoms with E-state index < -0.39 is 28.9 Å². The Morgan fingerprint density at radius 3 is 2.67 bits per heavy atom. The van der Waals surface area contributed by atoms with E-state index in [4.69, 9.17) is 5.14 Å². The molecule has 0 aliphatic heterocycles. The number of alkyl halides is 4. The first-order valence-electron chi connectivity index (χ1n) is 9.31.